The first-order chi connectivity index (χ1) is 19.8. The number of fused-ring (bicyclic) bond motifs is 4. The molecule has 0 aliphatic carbocycles. The molecule has 42 heavy (non-hydrogen) atoms. The van der Waals surface area contributed by atoms with Gasteiger partial charge in [-0.1, -0.05) is 12.2 Å². The Morgan fingerprint density at radius 3 is 2.50 bits per heavy atom. The van der Waals surface area contributed by atoms with Crippen LogP contribution in [0.2, 0.25) is 0 Å². The molecule has 3 fully saturated rings. The number of aromatic nitrogens is 6. The van der Waals surface area contributed by atoms with Crippen LogP contribution in [0.25, 0.3) is 11.2 Å². The smallest absolute Gasteiger partial charge is 0.382 e. The number of hydrogen-bond donors (Lipinski definition) is 4. The molecule has 3 saturated heterocycles. The summed E-state index contributed by atoms with van der Waals surface area (Å²) in [6.45, 7) is -6.30. The molecule has 2 bridgehead atoms. The predicted molar refractivity (Wildman–Crippen MR) is 137 cm³/mol. The van der Waals surface area contributed by atoms with Crippen molar-refractivity contribution < 1.29 is 50.4 Å². The second-order valence-electron chi connectivity index (χ2n) is 9.29. The number of thiol groups is 1. The van der Waals surface area contributed by atoms with Gasteiger partial charge in [0.15, 0.2) is 36.3 Å². The summed E-state index contributed by atoms with van der Waals surface area (Å²) in [6.07, 6.45) is -11.3. The second-order valence-corrected chi connectivity index (χ2v) is 13.6. The standard InChI is InChI=1S/C19H21F2N7O11P2S/c20-10-7-3-34-40(31,32)38-13-8(37-17(11(13)21)28-6-25-12-15(22)23-5-24-16(12)28)4-35-41(33,42)39-14(10)18(36-7)27-2-1-9(29)26-19(27)30/h1-2,5-8,10-11,13-14,17-18H,3-4H2,(H,31,32)(H,33,42)(H2,22,23,24)(H,26,29,30)/t7-,8-,10-,11-,13-,14-,17-,18-,41-/m1/s1. The number of phosphoric acid groups is 1. The van der Waals surface area contributed by atoms with E-state index < -0.39 is 88.3 Å². The van der Waals surface area contributed by atoms with Gasteiger partial charge in [-0.25, -0.2) is 37.7 Å². The number of aromatic amines is 1. The highest BCUT2D eigenvalue weighted by Gasteiger charge is 2.54. The minimum Gasteiger partial charge on any atom is -0.382 e. The molecule has 18 nitrogen and oxygen atoms in total. The topological polar surface area (TPSA) is 234 Å². The van der Waals surface area contributed by atoms with E-state index in [0.29, 0.717) is 0 Å². The van der Waals surface area contributed by atoms with E-state index in [1.54, 1.807) is 0 Å². The lowest BCUT2D eigenvalue weighted by Crippen LogP contribution is -2.37. The summed E-state index contributed by atoms with van der Waals surface area (Å²) < 4.78 is 91.0. The molecule has 228 valence electrons. The van der Waals surface area contributed by atoms with Crippen molar-refractivity contribution in [2.45, 2.75) is 49.2 Å². The summed E-state index contributed by atoms with van der Waals surface area (Å²) in [5.74, 6) is 0.00107. The number of anilines is 1. The third-order valence-electron chi connectivity index (χ3n) is 6.63. The van der Waals surface area contributed by atoms with Crippen LogP contribution in [-0.4, -0.2) is 83.9 Å². The zero-order chi connectivity index (χ0) is 30.0. The first-order valence-electron chi connectivity index (χ1n) is 12.0. The van der Waals surface area contributed by atoms with E-state index >= 15 is 8.78 Å². The summed E-state index contributed by atoms with van der Waals surface area (Å²) in [5, 5.41) is 0. The monoisotopic (exact) mass is 655 g/mol. The van der Waals surface area contributed by atoms with Crippen molar-refractivity contribution in [2.75, 3.05) is 18.9 Å². The Balaban J connectivity index is 1.31. The Bertz CT molecular complexity index is 1730. The van der Waals surface area contributed by atoms with E-state index in [2.05, 4.69) is 27.2 Å². The normalized spacial score (nSPS) is 39.3. The Kier molecular flexibility index (Phi) is 7.62. The van der Waals surface area contributed by atoms with Gasteiger partial charge in [-0.15, -0.1) is 0 Å². The molecule has 4 N–H and O–H groups in total. The summed E-state index contributed by atoms with van der Waals surface area (Å²) in [6, 6.07) is 0.939. The van der Waals surface area contributed by atoms with Crippen LogP contribution in [-0.2, 0) is 36.7 Å². The molecule has 0 amide bonds. The summed E-state index contributed by atoms with van der Waals surface area (Å²) in [4.78, 5) is 48.1. The summed E-state index contributed by atoms with van der Waals surface area (Å²) >= 11 is 3.87. The summed E-state index contributed by atoms with van der Waals surface area (Å²) in [5.41, 5.74) is 4.20. The number of halogens is 2. The van der Waals surface area contributed by atoms with Crippen molar-refractivity contribution in [2.24, 2.45) is 0 Å². The maximum Gasteiger partial charge on any atom is 0.472 e. The molecule has 3 aromatic heterocycles. The van der Waals surface area contributed by atoms with Gasteiger partial charge in [-0.3, -0.25) is 37.0 Å². The first kappa shape index (κ1) is 29.5. The quantitative estimate of drug-likeness (QED) is 0.216. The highest BCUT2D eigenvalue weighted by atomic mass is 32.7. The number of H-pyrrole nitrogens is 1. The fraction of sp³-hybridized carbons (Fsp3) is 0.526. The average Bonchev–Trinajstić information content (AvgIpc) is 3.57. The number of phosphoric ester groups is 1. The van der Waals surface area contributed by atoms with E-state index in [4.69, 9.17) is 33.3 Å². The third-order valence-corrected chi connectivity index (χ3v) is 9.23. The maximum absolute atomic E-state index is 15.8. The van der Waals surface area contributed by atoms with Gasteiger partial charge in [-0.05, 0) is 0 Å². The van der Waals surface area contributed by atoms with Crippen LogP contribution in [0.5, 0.6) is 0 Å². The molecule has 6 rings (SSSR count). The minimum absolute atomic E-state index is 0.00107. The molecule has 3 aliphatic heterocycles. The number of nitrogens with zero attached hydrogens (tertiary/aromatic N) is 5. The van der Waals surface area contributed by atoms with Crippen molar-refractivity contribution >= 4 is 43.9 Å². The second kappa shape index (κ2) is 10.8. The van der Waals surface area contributed by atoms with Crippen LogP contribution in [0.1, 0.15) is 12.5 Å². The number of hydrogen-bond acceptors (Lipinski definition) is 14. The number of rotatable bonds is 2. The van der Waals surface area contributed by atoms with Crippen molar-refractivity contribution in [1.82, 2.24) is 29.1 Å². The fourth-order valence-electron chi connectivity index (χ4n) is 4.73. The van der Waals surface area contributed by atoms with Gasteiger partial charge >= 0.3 is 20.3 Å². The number of imidazole rings is 1. The van der Waals surface area contributed by atoms with Gasteiger partial charge in [0, 0.05) is 12.3 Å². The van der Waals surface area contributed by atoms with Crippen LogP contribution in [0, 0.1) is 0 Å². The average molecular weight is 655 g/mol. The lowest BCUT2D eigenvalue weighted by molar-refractivity contribution is -0.0635. The summed E-state index contributed by atoms with van der Waals surface area (Å²) in [7, 11) is -5.16. The molecule has 23 heteroatoms. The van der Waals surface area contributed by atoms with E-state index in [1.807, 2.05) is 4.98 Å². The van der Waals surface area contributed by atoms with Gasteiger partial charge < -0.3 is 20.1 Å². The van der Waals surface area contributed by atoms with Gasteiger partial charge in [0.25, 0.3) is 5.56 Å². The molecule has 0 radical (unpaired) electrons. The Morgan fingerprint density at radius 1 is 1.00 bits per heavy atom. The predicted octanol–water partition coefficient (Wildman–Crippen LogP) is 0.385. The molecule has 10 atom stereocenters. The number of nitrogens with one attached hydrogen (secondary N) is 1. The van der Waals surface area contributed by atoms with Crippen LogP contribution < -0.4 is 17.0 Å². The zero-order valence-corrected chi connectivity index (χ0v) is 23.5. The zero-order valence-electron chi connectivity index (χ0n) is 20.8. The van der Waals surface area contributed by atoms with Gasteiger partial charge in [0.1, 0.15) is 36.3 Å². The number of nitrogen functional groups attached to an aromatic ring is 1. The fourth-order valence-corrected chi connectivity index (χ4v) is 7.14. The molecule has 0 spiro atoms. The Morgan fingerprint density at radius 2 is 1.74 bits per heavy atom. The first-order valence-corrected chi connectivity index (χ1v) is 16.2. The van der Waals surface area contributed by atoms with E-state index in [-0.39, 0.29) is 17.0 Å². The highest BCUT2D eigenvalue weighted by Crippen LogP contribution is 2.58. The van der Waals surface area contributed by atoms with Gasteiger partial charge in [0.2, 0.25) is 0 Å². The molecule has 3 aliphatic rings. The van der Waals surface area contributed by atoms with Crippen LogP contribution in [0.15, 0.2) is 34.5 Å². The van der Waals surface area contributed by atoms with Crippen LogP contribution in [0.3, 0.4) is 0 Å². The van der Waals surface area contributed by atoms with Crippen molar-refractivity contribution in [3.63, 3.8) is 0 Å². The SMILES string of the molecule is Nc1ncnc2c1ncn2[C@@H]1O[C@@H]2CO[P@@](=O)(S)O[C@@H]3[C@H](F)[C@@H](COP(=O)(O)O[C@H]2[C@H]1F)O[C@H]3n1ccc(=O)[nH]c1=O. The van der Waals surface area contributed by atoms with Gasteiger partial charge in [0.05, 0.1) is 19.5 Å². The molecule has 0 aromatic carbocycles. The van der Waals surface area contributed by atoms with E-state index in [1.165, 1.54) is 0 Å². The Labute approximate surface area is 237 Å². The van der Waals surface area contributed by atoms with Crippen LogP contribution >= 0.6 is 26.9 Å². The van der Waals surface area contributed by atoms with E-state index in [9.17, 15) is 23.6 Å². The lowest BCUT2D eigenvalue weighted by atomic mass is 10.1. The largest absolute Gasteiger partial charge is 0.472 e. The van der Waals surface area contributed by atoms with Crippen molar-refractivity contribution in [3.05, 3.63) is 45.8 Å². The van der Waals surface area contributed by atoms with Crippen molar-refractivity contribution in [1.29, 1.82) is 0 Å². The third kappa shape index (κ3) is 5.45. The van der Waals surface area contributed by atoms with Crippen molar-refractivity contribution in [3.8, 4) is 0 Å². The molecule has 3 aromatic rings. The number of ether oxygens (including phenoxy) is 2. The molecule has 6 heterocycles. The van der Waals surface area contributed by atoms with Gasteiger partial charge in [-0.2, -0.15) is 0 Å². The minimum atomic E-state index is -5.16. The van der Waals surface area contributed by atoms with Crippen LogP contribution in [0.4, 0.5) is 14.6 Å². The molecular formula is C19H21F2N7O11P2S. The number of alkyl halides is 2. The lowest BCUT2D eigenvalue weighted by Gasteiger charge is -2.26. The maximum atomic E-state index is 15.8. The Hall–Kier alpha value is -2.58. The van der Waals surface area contributed by atoms with E-state index in [0.717, 1.165) is 34.1 Å². The molecule has 1 unspecified atom stereocenters. The number of nitrogens with two attached hydrogens (primary N) is 1. The molecule has 0 saturated carbocycles. The highest BCUT2D eigenvalue weighted by molar-refractivity contribution is 8.44. The molecular weight excluding hydrogens is 634 g/mol.